The van der Waals surface area contributed by atoms with E-state index >= 15 is 0 Å². The maximum Gasteiger partial charge on any atom is 0.244 e. The minimum atomic E-state index is -0.0810. The quantitative estimate of drug-likeness (QED) is 0.926. The van der Waals surface area contributed by atoms with Gasteiger partial charge in [-0.2, -0.15) is 5.26 Å². The number of carbonyl (C=O) groups is 1. The Morgan fingerprint density at radius 3 is 3.00 bits per heavy atom. The van der Waals surface area contributed by atoms with Gasteiger partial charge in [-0.3, -0.25) is 4.79 Å². The number of nitrogens with one attached hydrogen (secondary N) is 1. The minimum Gasteiger partial charge on any atom is -0.310 e. The molecule has 1 amide bonds. The van der Waals surface area contributed by atoms with Crippen molar-refractivity contribution >= 4 is 27.5 Å². The van der Waals surface area contributed by atoms with Crippen LogP contribution >= 0.6 is 15.9 Å². The zero-order valence-electron chi connectivity index (χ0n) is 10.8. The molecule has 1 saturated heterocycles. The summed E-state index contributed by atoms with van der Waals surface area (Å²) >= 11 is 3.43. The third kappa shape index (κ3) is 2.96. The largest absolute Gasteiger partial charge is 0.310 e. The van der Waals surface area contributed by atoms with Crippen molar-refractivity contribution in [2.45, 2.75) is 25.8 Å². The fourth-order valence-electron chi connectivity index (χ4n) is 2.22. The van der Waals surface area contributed by atoms with Crippen molar-refractivity contribution < 1.29 is 4.79 Å². The van der Waals surface area contributed by atoms with Crippen molar-refractivity contribution in [1.82, 2.24) is 5.32 Å². The number of amides is 1. The highest BCUT2D eigenvalue weighted by Gasteiger charge is 2.32. The maximum absolute atomic E-state index is 12.3. The molecule has 1 aliphatic rings. The van der Waals surface area contributed by atoms with Crippen LogP contribution in [0.4, 0.5) is 5.69 Å². The van der Waals surface area contributed by atoms with Gasteiger partial charge < -0.3 is 10.2 Å². The molecule has 1 fully saturated rings. The molecule has 5 heteroatoms. The lowest BCUT2D eigenvalue weighted by Crippen LogP contribution is -2.38. The van der Waals surface area contributed by atoms with Crippen LogP contribution in [0.25, 0.3) is 0 Å². The van der Waals surface area contributed by atoms with Crippen LogP contribution in [-0.4, -0.2) is 25.0 Å². The first-order valence-corrected chi connectivity index (χ1v) is 7.21. The average Bonchev–Trinajstić information content (AvgIpc) is 2.77. The van der Waals surface area contributed by atoms with E-state index in [4.69, 9.17) is 5.26 Å². The lowest BCUT2D eigenvalue weighted by Gasteiger charge is -2.18. The molecule has 0 saturated carbocycles. The maximum atomic E-state index is 12.3. The highest BCUT2D eigenvalue weighted by atomic mass is 79.9. The zero-order chi connectivity index (χ0) is 13.8. The Morgan fingerprint density at radius 1 is 1.58 bits per heavy atom. The molecular formula is C14H16BrN3O. The van der Waals surface area contributed by atoms with Gasteiger partial charge in [-0.05, 0) is 53.5 Å². The van der Waals surface area contributed by atoms with Crippen LogP contribution in [-0.2, 0) is 4.79 Å². The van der Waals surface area contributed by atoms with E-state index in [0.29, 0.717) is 12.1 Å². The Morgan fingerprint density at radius 2 is 2.37 bits per heavy atom. The summed E-state index contributed by atoms with van der Waals surface area (Å²) in [5.41, 5.74) is 1.42. The molecule has 100 valence electrons. The molecule has 1 aliphatic heterocycles. The van der Waals surface area contributed by atoms with Crippen molar-refractivity contribution in [2.75, 3.05) is 18.0 Å². The normalized spacial score (nSPS) is 18.7. The molecule has 19 heavy (non-hydrogen) atoms. The molecule has 1 atom stereocenters. The van der Waals surface area contributed by atoms with Crippen LogP contribution in [0.5, 0.6) is 0 Å². The van der Waals surface area contributed by atoms with E-state index in [1.54, 1.807) is 17.0 Å². The van der Waals surface area contributed by atoms with Gasteiger partial charge in [0.05, 0.1) is 23.4 Å². The predicted molar refractivity (Wildman–Crippen MR) is 77.9 cm³/mol. The summed E-state index contributed by atoms with van der Waals surface area (Å²) in [4.78, 5) is 14.1. The van der Waals surface area contributed by atoms with Gasteiger partial charge in [0.2, 0.25) is 5.91 Å². The van der Waals surface area contributed by atoms with Gasteiger partial charge in [0.15, 0.2) is 0 Å². The van der Waals surface area contributed by atoms with Crippen molar-refractivity contribution in [3.05, 3.63) is 28.2 Å². The number of hydrogen-bond donors (Lipinski definition) is 1. The Kier molecular flexibility index (Phi) is 4.56. The molecule has 0 aromatic heterocycles. The number of nitriles is 1. The van der Waals surface area contributed by atoms with Crippen LogP contribution in [0.15, 0.2) is 22.7 Å². The Hall–Kier alpha value is -1.38. The summed E-state index contributed by atoms with van der Waals surface area (Å²) in [5.74, 6) is 0.110. The van der Waals surface area contributed by atoms with E-state index < -0.39 is 0 Å². The molecule has 0 bridgehead atoms. The highest BCUT2D eigenvalue weighted by Crippen LogP contribution is 2.30. The molecule has 1 aromatic carbocycles. The summed E-state index contributed by atoms with van der Waals surface area (Å²) in [6, 6.07) is 7.31. The molecule has 1 aromatic rings. The van der Waals surface area contributed by atoms with Crippen molar-refractivity contribution in [3.63, 3.8) is 0 Å². The molecule has 1 heterocycles. The van der Waals surface area contributed by atoms with Crippen LogP contribution in [0.1, 0.15) is 25.3 Å². The van der Waals surface area contributed by atoms with Crippen molar-refractivity contribution in [3.8, 4) is 6.07 Å². The molecule has 0 radical (unpaired) electrons. The van der Waals surface area contributed by atoms with E-state index in [9.17, 15) is 4.79 Å². The highest BCUT2D eigenvalue weighted by molar-refractivity contribution is 9.10. The number of hydrogen-bond acceptors (Lipinski definition) is 3. The SMILES string of the molecule is CCCNC1CCN(c2ccc(C#N)cc2Br)C1=O. The lowest BCUT2D eigenvalue weighted by atomic mass is 10.2. The minimum absolute atomic E-state index is 0.0810. The standard InChI is InChI=1S/C14H16BrN3O/c1-2-6-17-12-5-7-18(14(12)19)13-4-3-10(9-16)8-11(13)15/h3-4,8,12,17H,2,5-7H2,1H3. The number of nitrogens with zero attached hydrogens (tertiary/aromatic N) is 2. The number of rotatable bonds is 4. The summed E-state index contributed by atoms with van der Waals surface area (Å²) in [7, 11) is 0. The monoisotopic (exact) mass is 321 g/mol. The molecule has 4 nitrogen and oxygen atoms in total. The van der Waals surface area contributed by atoms with Crippen molar-refractivity contribution in [1.29, 1.82) is 5.26 Å². The van der Waals surface area contributed by atoms with Gasteiger partial charge in [-0.15, -0.1) is 0 Å². The average molecular weight is 322 g/mol. The molecule has 0 spiro atoms. The Balaban J connectivity index is 2.15. The molecule has 1 N–H and O–H groups in total. The van der Waals surface area contributed by atoms with Gasteiger partial charge >= 0.3 is 0 Å². The first kappa shape index (κ1) is 14.0. The van der Waals surface area contributed by atoms with Gasteiger partial charge in [-0.1, -0.05) is 6.92 Å². The molecule has 0 aliphatic carbocycles. The molecular weight excluding hydrogens is 306 g/mol. The van der Waals surface area contributed by atoms with Gasteiger partial charge in [-0.25, -0.2) is 0 Å². The fourth-order valence-corrected chi connectivity index (χ4v) is 2.82. The van der Waals surface area contributed by atoms with Gasteiger partial charge in [0.25, 0.3) is 0 Å². The van der Waals surface area contributed by atoms with Crippen LogP contribution < -0.4 is 10.2 Å². The second-order valence-electron chi connectivity index (χ2n) is 4.56. The van der Waals surface area contributed by atoms with E-state index in [-0.39, 0.29) is 11.9 Å². The predicted octanol–water partition coefficient (Wildman–Crippen LogP) is 2.43. The van der Waals surface area contributed by atoms with E-state index in [1.165, 1.54) is 0 Å². The van der Waals surface area contributed by atoms with Crippen LogP contribution in [0, 0.1) is 11.3 Å². The molecule has 2 rings (SSSR count). The number of halogens is 1. The van der Waals surface area contributed by atoms with Gasteiger partial charge in [0.1, 0.15) is 0 Å². The lowest BCUT2D eigenvalue weighted by molar-refractivity contribution is -0.118. The third-order valence-electron chi connectivity index (χ3n) is 3.21. The number of carbonyl (C=O) groups excluding carboxylic acids is 1. The summed E-state index contributed by atoms with van der Waals surface area (Å²) in [5, 5.41) is 12.1. The number of anilines is 1. The second kappa shape index (κ2) is 6.18. The number of benzene rings is 1. The second-order valence-corrected chi connectivity index (χ2v) is 5.42. The first-order valence-electron chi connectivity index (χ1n) is 6.41. The van der Waals surface area contributed by atoms with Gasteiger partial charge in [0, 0.05) is 11.0 Å². The zero-order valence-corrected chi connectivity index (χ0v) is 12.4. The topological polar surface area (TPSA) is 56.1 Å². The fraction of sp³-hybridized carbons (Fsp3) is 0.429. The van der Waals surface area contributed by atoms with E-state index in [1.807, 2.05) is 6.07 Å². The Bertz CT molecular complexity index is 524. The van der Waals surface area contributed by atoms with Crippen molar-refractivity contribution in [2.24, 2.45) is 0 Å². The van der Waals surface area contributed by atoms with Crippen LogP contribution in [0.3, 0.4) is 0 Å². The van der Waals surface area contributed by atoms with E-state index in [0.717, 1.165) is 29.5 Å². The molecule has 1 unspecified atom stereocenters. The smallest absolute Gasteiger partial charge is 0.244 e. The van der Waals surface area contributed by atoms with Crippen LogP contribution in [0.2, 0.25) is 0 Å². The summed E-state index contributed by atoms with van der Waals surface area (Å²) in [6.45, 7) is 3.66. The first-order chi connectivity index (χ1) is 9.17. The summed E-state index contributed by atoms with van der Waals surface area (Å²) < 4.78 is 0.788. The third-order valence-corrected chi connectivity index (χ3v) is 3.85. The summed E-state index contributed by atoms with van der Waals surface area (Å²) in [6.07, 6.45) is 1.84. The Labute approximate surface area is 121 Å². The van der Waals surface area contributed by atoms with E-state index in [2.05, 4.69) is 34.2 Å².